The predicted molar refractivity (Wildman–Crippen MR) is 88.4 cm³/mol. The minimum absolute atomic E-state index is 0.110. The average molecular weight is 337 g/mol. The van der Waals surface area contributed by atoms with Gasteiger partial charge in [-0.1, -0.05) is 0 Å². The Morgan fingerprint density at radius 2 is 2.00 bits per heavy atom. The van der Waals surface area contributed by atoms with Crippen LogP contribution in [-0.2, 0) is 11.3 Å². The van der Waals surface area contributed by atoms with Crippen molar-refractivity contribution in [2.24, 2.45) is 5.92 Å². The summed E-state index contributed by atoms with van der Waals surface area (Å²) in [5.74, 6) is -0.157. The van der Waals surface area contributed by atoms with Crippen molar-refractivity contribution in [3.8, 4) is 0 Å². The molecule has 2 atom stereocenters. The molecule has 6 heteroatoms. The molecular formula is C18H25F2N3O. The zero-order valence-corrected chi connectivity index (χ0v) is 14.3. The van der Waals surface area contributed by atoms with Gasteiger partial charge in [0, 0.05) is 51.9 Å². The molecule has 0 aromatic heterocycles. The molecule has 1 aromatic rings. The third-order valence-corrected chi connectivity index (χ3v) is 5.14. The van der Waals surface area contributed by atoms with Crippen molar-refractivity contribution in [1.29, 1.82) is 0 Å². The summed E-state index contributed by atoms with van der Waals surface area (Å²) in [5, 5.41) is 0. The summed E-state index contributed by atoms with van der Waals surface area (Å²) >= 11 is 0. The maximum atomic E-state index is 14.0. The molecule has 4 rings (SSSR count). The average Bonchev–Trinajstić information content (AvgIpc) is 2.81. The van der Waals surface area contributed by atoms with Crippen LogP contribution in [0.25, 0.3) is 0 Å². The summed E-state index contributed by atoms with van der Waals surface area (Å²) in [6.45, 7) is 3.46. The summed E-state index contributed by atoms with van der Waals surface area (Å²) < 4.78 is 27.4. The third-order valence-electron chi connectivity index (χ3n) is 5.14. The normalized spacial score (nSPS) is 24.8. The number of nitrogens with zero attached hydrogens (tertiary/aromatic N) is 3. The van der Waals surface area contributed by atoms with E-state index in [9.17, 15) is 13.6 Å². The fraction of sp³-hybridized carbons (Fsp3) is 0.611. The quantitative estimate of drug-likeness (QED) is 0.840. The van der Waals surface area contributed by atoms with E-state index in [1.165, 1.54) is 12.1 Å². The molecular weight excluding hydrogens is 312 g/mol. The smallest absolute Gasteiger partial charge is 0.236 e. The summed E-state index contributed by atoms with van der Waals surface area (Å²) in [7, 11) is 3.54. The number of benzene rings is 1. The number of amides is 1. The van der Waals surface area contributed by atoms with E-state index in [-0.39, 0.29) is 11.7 Å². The molecule has 3 aliphatic heterocycles. The Balaban J connectivity index is 1.69. The minimum atomic E-state index is -0.399. The van der Waals surface area contributed by atoms with Crippen molar-refractivity contribution >= 4 is 5.91 Å². The number of piperidine rings is 1. The van der Waals surface area contributed by atoms with Gasteiger partial charge in [0.25, 0.3) is 0 Å². The number of carbonyl (C=O) groups excluding carboxylic acids is 1. The molecule has 0 radical (unpaired) electrons. The van der Waals surface area contributed by atoms with Crippen molar-refractivity contribution in [3.05, 3.63) is 35.4 Å². The Morgan fingerprint density at radius 1 is 1.21 bits per heavy atom. The molecule has 0 N–H and O–H groups in total. The zero-order chi connectivity index (χ0) is 17.3. The van der Waals surface area contributed by atoms with Gasteiger partial charge < -0.3 is 4.90 Å². The van der Waals surface area contributed by atoms with Gasteiger partial charge in [-0.3, -0.25) is 14.6 Å². The molecule has 0 unspecified atom stereocenters. The zero-order valence-electron chi connectivity index (χ0n) is 14.3. The van der Waals surface area contributed by atoms with Gasteiger partial charge in [-0.2, -0.15) is 0 Å². The van der Waals surface area contributed by atoms with Crippen LogP contribution in [0.3, 0.4) is 0 Å². The van der Waals surface area contributed by atoms with E-state index in [4.69, 9.17) is 0 Å². The molecule has 24 heavy (non-hydrogen) atoms. The molecule has 132 valence electrons. The van der Waals surface area contributed by atoms with Gasteiger partial charge in [0.15, 0.2) is 0 Å². The van der Waals surface area contributed by atoms with Crippen molar-refractivity contribution in [2.75, 3.05) is 40.3 Å². The topological polar surface area (TPSA) is 26.8 Å². The Hall–Kier alpha value is -1.53. The van der Waals surface area contributed by atoms with Crippen molar-refractivity contribution < 1.29 is 13.6 Å². The van der Waals surface area contributed by atoms with E-state index in [1.807, 2.05) is 0 Å². The Bertz CT molecular complexity index is 608. The van der Waals surface area contributed by atoms with E-state index >= 15 is 0 Å². The lowest BCUT2D eigenvalue weighted by Crippen LogP contribution is -2.44. The van der Waals surface area contributed by atoms with Crippen molar-refractivity contribution in [2.45, 2.75) is 25.4 Å². The predicted octanol–water partition coefficient (Wildman–Crippen LogP) is 1.95. The van der Waals surface area contributed by atoms with Gasteiger partial charge in [-0.05, 0) is 37.0 Å². The maximum absolute atomic E-state index is 14.0. The van der Waals surface area contributed by atoms with Gasteiger partial charge >= 0.3 is 0 Å². The first-order chi connectivity index (χ1) is 11.4. The minimum Gasteiger partial charge on any atom is -0.348 e. The van der Waals surface area contributed by atoms with Crippen LogP contribution in [0.5, 0.6) is 0 Å². The first-order valence-corrected chi connectivity index (χ1v) is 8.53. The molecule has 3 aliphatic rings. The lowest BCUT2D eigenvalue weighted by atomic mass is 9.94. The van der Waals surface area contributed by atoms with Crippen LogP contribution >= 0.6 is 0 Å². The van der Waals surface area contributed by atoms with Crippen molar-refractivity contribution in [1.82, 2.24) is 14.7 Å². The highest BCUT2D eigenvalue weighted by atomic mass is 19.1. The van der Waals surface area contributed by atoms with Gasteiger partial charge in [0.2, 0.25) is 5.91 Å². The first-order valence-electron chi connectivity index (χ1n) is 8.53. The number of carbonyl (C=O) groups is 1. The number of hydrogen-bond donors (Lipinski definition) is 0. The van der Waals surface area contributed by atoms with Crippen molar-refractivity contribution in [3.63, 3.8) is 0 Å². The second-order valence-electron chi connectivity index (χ2n) is 7.24. The molecule has 1 amide bonds. The van der Waals surface area contributed by atoms with Crippen LogP contribution < -0.4 is 0 Å². The summed E-state index contributed by atoms with van der Waals surface area (Å²) in [6.07, 6.45) is 2.19. The molecule has 1 aromatic carbocycles. The largest absolute Gasteiger partial charge is 0.348 e. The Morgan fingerprint density at radius 3 is 2.75 bits per heavy atom. The van der Waals surface area contributed by atoms with E-state index in [1.54, 1.807) is 19.0 Å². The fourth-order valence-corrected chi connectivity index (χ4v) is 3.81. The standard InChI is InChI=1S/C18H25F2N3O/c1-21(2)18(24)12-22-8-13-3-5-16(11-22)23(9-13)10-14-7-15(19)4-6-17(14)20/h4,6-7,13,16H,3,5,8-12H2,1-2H3/t13-,16+/m0/s1. The highest BCUT2D eigenvalue weighted by molar-refractivity contribution is 5.77. The highest BCUT2D eigenvalue weighted by Gasteiger charge is 2.35. The molecule has 2 bridgehead atoms. The van der Waals surface area contributed by atoms with Crippen LogP contribution in [0.1, 0.15) is 18.4 Å². The number of fused-ring (bicyclic) bond motifs is 4. The van der Waals surface area contributed by atoms with E-state index < -0.39 is 5.82 Å². The number of hydrogen-bond acceptors (Lipinski definition) is 3. The summed E-state index contributed by atoms with van der Waals surface area (Å²) in [5.41, 5.74) is 0.415. The van der Waals surface area contributed by atoms with Crippen LogP contribution in [0.15, 0.2) is 18.2 Å². The highest BCUT2D eigenvalue weighted by Crippen LogP contribution is 2.29. The van der Waals surface area contributed by atoms with E-state index in [2.05, 4.69) is 9.80 Å². The third kappa shape index (κ3) is 3.92. The van der Waals surface area contributed by atoms with Gasteiger partial charge in [0.05, 0.1) is 6.54 Å². The Labute approximate surface area is 142 Å². The molecule has 0 saturated carbocycles. The molecule has 3 saturated heterocycles. The molecule has 4 nitrogen and oxygen atoms in total. The van der Waals surface area contributed by atoms with Crippen LogP contribution in [0, 0.1) is 17.6 Å². The lowest BCUT2D eigenvalue weighted by Gasteiger charge is -2.36. The molecule has 0 aliphatic carbocycles. The first kappa shape index (κ1) is 17.3. The fourth-order valence-electron chi connectivity index (χ4n) is 3.81. The SMILES string of the molecule is CN(C)C(=O)CN1C[C@@H]2CC[C@H](C1)N(Cc1cc(F)ccc1F)C2. The van der Waals surface area contributed by atoms with Crippen LogP contribution in [0.4, 0.5) is 8.78 Å². The Kier molecular flexibility index (Phi) is 5.15. The van der Waals surface area contributed by atoms with Gasteiger partial charge in [0.1, 0.15) is 11.6 Å². The number of halogens is 2. The second kappa shape index (κ2) is 7.15. The molecule has 3 heterocycles. The van der Waals surface area contributed by atoms with E-state index in [0.29, 0.717) is 30.6 Å². The second-order valence-corrected chi connectivity index (χ2v) is 7.24. The maximum Gasteiger partial charge on any atom is 0.236 e. The van der Waals surface area contributed by atoms with Gasteiger partial charge in [-0.25, -0.2) is 8.78 Å². The van der Waals surface area contributed by atoms with Crippen LogP contribution in [-0.4, -0.2) is 66.9 Å². The molecule has 0 spiro atoms. The lowest BCUT2D eigenvalue weighted by molar-refractivity contribution is -0.130. The molecule has 3 fully saturated rings. The van der Waals surface area contributed by atoms with Crippen LogP contribution in [0.2, 0.25) is 0 Å². The summed E-state index contributed by atoms with van der Waals surface area (Å²) in [4.78, 5) is 18.1. The number of rotatable bonds is 4. The number of likely N-dealkylation sites (N-methyl/N-ethyl adjacent to an activating group) is 1. The van der Waals surface area contributed by atoms with Gasteiger partial charge in [-0.15, -0.1) is 0 Å². The summed E-state index contributed by atoms with van der Waals surface area (Å²) in [6, 6.07) is 3.94. The monoisotopic (exact) mass is 337 g/mol. The van der Waals surface area contributed by atoms with E-state index in [0.717, 1.165) is 38.5 Å².